The zero-order valence-electron chi connectivity index (χ0n) is 19.4. The minimum Gasteiger partial charge on any atom is -0.353 e. The van der Waals surface area contributed by atoms with E-state index < -0.39 is 0 Å². The Bertz CT molecular complexity index is 1190. The van der Waals surface area contributed by atoms with Crippen molar-refractivity contribution in [2.45, 2.75) is 58.4 Å². The number of carbonyl (C=O) groups excluding carboxylic acids is 1. The molecule has 7 heteroatoms. The zero-order valence-corrected chi connectivity index (χ0v) is 20.2. The number of thiophene rings is 1. The first-order valence-electron chi connectivity index (χ1n) is 12.1. The molecule has 0 radical (unpaired) electrons. The van der Waals surface area contributed by atoms with E-state index in [-0.39, 0.29) is 17.4 Å². The maximum Gasteiger partial charge on any atom is 0.270 e. The van der Waals surface area contributed by atoms with Gasteiger partial charge in [-0.1, -0.05) is 36.8 Å². The Kier molecular flexibility index (Phi) is 6.23. The molecule has 1 saturated heterocycles. The van der Waals surface area contributed by atoms with Crippen LogP contribution in [0.4, 0.5) is 5.95 Å². The van der Waals surface area contributed by atoms with Crippen molar-refractivity contribution in [1.82, 2.24) is 15.3 Å². The molecule has 33 heavy (non-hydrogen) atoms. The molecule has 6 nitrogen and oxygen atoms in total. The topological polar surface area (TPSA) is 78.1 Å². The molecule has 1 unspecified atom stereocenters. The first kappa shape index (κ1) is 22.1. The van der Waals surface area contributed by atoms with Gasteiger partial charge in [-0.25, -0.2) is 4.98 Å². The van der Waals surface area contributed by atoms with Crippen molar-refractivity contribution in [3.8, 4) is 11.1 Å². The molecule has 2 N–H and O–H groups in total. The maximum atomic E-state index is 13.0. The molecule has 3 heterocycles. The highest BCUT2D eigenvalue weighted by molar-refractivity contribution is 7.17. The number of nitrogens with zero attached hydrogens (tertiary/aromatic N) is 2. The van der Waals surface area contributed by atoms with Crippen molar-refractivity contribution >= 4 is 33.4 Å². The molecule has 174 valence electrons. The molecule has 1 aliphatic carbocycles. The van der Waals surface area contributed by atoms with Crippen LogP contribution >= 0.6 is 11.3 Å². The second-order valence-electron chi connectivity index (χ2n) is 9.83. The van der Waals surface area contributed by atoms with E-state index in [1.54, 1.807) is 0 Å². The number of anilines is 1. The summed E-state index contributed by atoms with van der Waals surface area (Å²) in [5.74, 6) is 1.42. The van der Waals surface area contributed by atoms with Crippen molar-refractivity contribution in [2.24, 2.45) is 11.8 Å². The highest BCUT2D eigenvalue weighted by Gasteiger charge is 2.29. The number of nitrogens with one attached hydrogen (secondary N) is 2. The van der Waals surface area contributed by atoms with Gasteiger partial charge in [-0.2, -0.15) is 0 Å². The Hall–Kier alpha value is -2.67. The lowest BCUT2D eigenvalue weighted by atomic mass is 9.87. The summed E-state index contributed by atoms with van der Waals surface area (Å²) >= 11 is 1.43. The van der Waals surface area contributed by atoms with E-state index in [2.05, 4.69) is 53.3 Å². The summed E-state index contributed by atoms with van der Waals surface area (Å²) in [6, 6.07) is 8.61. The molecule has 5 rings (SSSR count). The van der Waals surface area contributed by atoms with Gasteiger partial charge in [-0.15, -0.1) is 11.3 Å². The van der Waals surface area contributed by atoms with Crippen LogP contribution in [0.5, 0.6) is 0 Å². The third kappa shape index (κ3) is 4.69. The van der Waals surface area contributed by atoms with Crippen LogP contribution in [-0.4, -0.2) is 35.0 Å². The van der Waals surface area contributed by atoms with Gasteiger partial charge in [0.25, 0.3) is 5.56 Å². The molecule has 2 aliphatic rings. The van der Waals surface area contributed by atoms with Crippen LogP contribution in [0.15, 0.2) is 34.4 Å². The van der Waals surface area contributed by atoms with Gasteiger partial charge in [-0.3, -0.25) is 14.6 Å². The summed E-state index contributed by atoms with van der Waals surface area (Å²) in [6.45, 7) is 5.74. The van der Waals surface area contributed by atoms with Gasteiger partial charge in [0.15, 0.2) is 0 Å². The standard InChI is InChI=1S/C26H32N4O2S/c1-16-5-9-18(10-6-16)21-15-33-23-22(21)28-26(29-25(23)32)30-13-3-4-19(14-30)24(31)27-20-11-7-17(2)8-12-20/h5-6,9-10,15,17,19-20H,3-4,7-8,11-14H2,1-2H3,(H,27,31)(H,28,29,32). The van der Waals surface area contributed by atoms with Gasteiger partial charge in [0.2, 0.25) is 11.9 Å². The SMILES string of the molecule is Cc1ccc(-c2csc3c(=O)[nH]c(N4CCCC(C(=O)NC5CCC(C)CC5)C4)nc23)cc1. The molecule has 2 aromatic heterocycles. The fourth-order valence-electron chi connectivity index (χ4n) is 5.11. The van der Waals surface area contributed by atoms with E-state index in [0.717, 1.165) is 54.8 Å². The lowest BCUT2D eigenvalue weighted by Crippen LogP contribution is -2.47. The number of piperidine rings is 1. The number of fused-ring (bicyclic) bond motifs is 1. The van der Waals surface area contributed by atoms with Crippen LogP contribution in [0, 0.1) is 18.8 Å². The maximum absolute atomic E-state index is 13.0. The number of amides is 1. The summed E-state index contributed by atoms with van der Waals surface area (Å²) in [5, 5.41) is 5.31. The van der Waals surface area contributed by atoms with E-state index in [4.69, 9.17) is 4.98 Å². The first-order chi connectivity index (χ1) is 16.0. The molecule has 1 aromatic carbocycles. The molecule has 1 aliphatic heterocycles. The van der Waals surface area contributed by atoms with Crippen molar-refractivity contribution in [2.75, 3.05) is 18.0 Å². The van der Waals surface area contributed by atoms with E-state index in [1.165, 1.54) is 29.7 Å². The van der Waals surface area contributed by atoms with Crippen LogP contribution in [0.3, 0.4) is 0 Å². The van der Waals surface area contributed by atoms with Gasteiger partial charge in [0.05, 0.1) is 11.4 Å². The summed E-state index contributed by atoms with van der Waals surface area (Å²) in [7, 11) is 0. The van der Waals surface area contributed by atoms with Crippen LogP contribution in [0.1, 0.15) is 51.0 Å². The average Bonchev–Trinajstić information content (AvgIpc) is 3.26. The third-order valence-corrected chi connectivity index (χ3v) is 8.20. The zero-order chi connectivity index (χ0) is 22.9. The van der Waals surface area contributed by atoms with Crippen molar-refractivity contribution < 1.29 is 4.79 Å². The smallest absolute Gasteiger partial charge is 0.270 e. The molecule has 3 aromatic rings. The normalized spacial score (nSPS) is 23.6. The van der Waals surface area contributed by atoms with Gasteiger partial charge in [-0.05, 0) is 56.9 Å². The van der Waals surface area contributed by atoms with E-state index in [9.17, 15) is 9.59 Å². The van der Waals surface area contributed by atoms with Crippen molar-refractivity contribution in [3.05, 3.63) is 45.6 Å². The number of rotatable bonds is 4. The summed E-state index contributed by atoms with van der Waals surface area (Å²) in [4.78, 5) is 35.8. The fraction of sp³-hybridized carbons (Fsp3) is 0.500. The van der Waals surface area contributed by atoms with Gasteiger partial charge in [0, 0.05) is 30.1 Å². The van der Waals surface area contributed by atoms with Crippen molar-refractivity contribution in [1.29, 1.82) is 0 Å². The molecule has 1 atom stereocenters. The van der Waals surface area contributed by atoms with E-state index in [0.29, 0.717) is 23.2 Å². The highest BCUT2D eigenvalue weighted by Crippen LogP contribution is 2.32. The minimum atomic E-state index is -0.110. The number of hydrogen-bond donors (Lipinski definition) is 2. The lowest BCUT2D eigenvalue weighted by molar-refractivity contribution is -0.126. The van der Waals surface area contributed by atoms with Crippen LogP contribution in [-0.2, 0) is 4.79 Å². The van der Waals surface area contributed by atoms with Gasteiger partial charge < -0.3 is 10.2 Å². The Morgan fingerprint density at radius 3 is 2.67 bits per heavy atom. The molecular formula is C26H32N4O2S. The average molecular weight is 465 g/mol. The first-order valence-corrected chi connectivity index (χ1v) is 13.0. The second kappa shape index (κ2) is 9.29. The lowest BCUT2D eigenvalue weighted by Gasteiger charge is -2.34. The van der Waals surface area contributed by atoms with Gasteiger partial charge >= 0.3 is 0 Å². The van der Waals surface area contributed by atoms with Gasteiger partial charge in [0.1, 0.15) is 4.70 Å². The van der Waals surface area contributed by atoms with Crippen LogP contribution in [0.25, 0.3) is 21.3 Å². The molecule has 2 fully saturated rings. The Morgan fingerprint density at radius 1 is 1.15 bits per heavy atom. The largest absolute Gasteiger partial charge is 0.353 e. The summed E-state index contributed by atoms with van der Waals surface area (Å²) < 4.78 is 0.646. The highest BCUT2D eigenvalue weighted by atomic mass is 32.1. The van der Waals surface area contributed by atoms with E-state index >= 15 is 0 Å². The Morgan fingerprint density at radius 2 is 1.91 bits per heavy atom. The molecule has 0 spiro atoms. The number of carbonyl (C=O) groups is 1. The quantitative estimate of drug-likeness (QED) is 0.577. The second-order valence-corrected chi connectivity index (χ2v) is 10.7. The number of H-pyrrole nitrogens is 1. The number of hydrogen-bond acceptors (Lipinski definition) is 5. The molecular weight excluding hydrogens is 432 g/mol. The number of benzene rings is 1. The Balaban J connectivity index is 1.36. The number of aromatic nitrogens is 2. The number of aromatic amines is 1. The predicted molar refractivity (Wildman–Crippen MR) is 135 cm³/mol. The van der Waals surface area contributed by atoms with Crippen LogP contribution in [0.2, 0.25) is 0 Å². The Labute approximate surface area is 198 Å². The minimum absolute atomic E-state index is 0.0712. The number of aryl methyl sites for hydroxylation is 1. The third-order valence-electron chi connectivity index (χ3n) is 7.23. The van der Waals surface area contributed by atoms with E-state index in [1.807, 2.05) is 5.38 Å². The predicted octanol–water partition coefficient (Wildman–Crippen LogP) is 4.87. The summed E-state index contributed by atoms with van der Waals surface area (Å²) in [6.07, 6.45) is 6.33. The fourth-order valence-corrected chi connectivity index (χ4v) is 6.02. The monoisotopic (exact) mass is 464 g/mol. The van der Waals surface area contributed by atoms with Crippen molar-refractivity contribution in [3.63, 3.8) is 0 Å². The molecule has 1 saturated carbocycles. The molecule has 0 bridgehead atoms. The summed E-state index contributed by atoms with van der Waals surface area (Å²) in [5.41, 5.74) is 3.88. The van der Waals surface area contributed by atoms with Crippen LogP contribution < -0.4 is 15.8 Å². The molecule has 1 amide bonds.